The first-order chi connectivity index (χ1) is 7.84. The first kappa shape index (κ1) is 13.2. The average Bonchev–Trinajstić information content (AvgIpc) is 2.34. The van der Waals surface area contributed by atoms with Gasteiger partial charge in [0.1, 0.15) is 0 Å². The van der Waals surface area contributed by atoms with Crippen LogP contribution in [0.25, 0.3) is 0 Å². The van der Waals surface area contributed by atoms with Crippen molar-refractivity contribution in [2.75, 3.05) is 13.2 Å². The van der Waals surface area contributed by atoms with Crippen LogP contribution in [0.3, 0.4) is 0 Å². The van der Waals surface area contributed by atoms with Crippen molar-refractivity contribution in [2.24, 2.45) is 0 Å². The Bertz CT molecular complexity index is 259. The van der Waals surface area contributed by atoms with Gasteiger partial charge in [0.2, 0.25) is 0 Å². The minimum atomic E-state index is -0.312. The second kappa shape index (κ2) is 8.31. The van der Waals surface area contributed by atoms with Crippen LogP contribution in [0.1, 0.15) is 44.3 Å². The number of hydrogen-bond donors (Lipinski definition) is 1. The Labute approximate surface area is 98.3 Å². The Morgan fingerprint density at radius 2 is 1.88 bits per heavy atom. The first-order valence-corrected chi connectivity index (χ1v) is 6.15. The molecule has 1 unspecified atom stereocenters. The Morgan fingerprint density at radius 3 is 2.56 bits per heavy atom. The number of rotatable bonds is 8. The van der Waals surface area contributed by atoms with Crippen LogP contribution in [0.2, 0.25) is 0 Å². The maximum Gasteiger partial charge on any atom is 0.0790 e. The zero-order valence-corrected chi connectivity index (χ0v) is 10.1. The van der Waals surface area contributed by atoms with E-state index in [1.807, 2.05) is 37.3 Å². The van der Waals surface area contributed by atoms with Gasteiger partial charge < -0.3 is 9.84 Å². The monoisotopic (exact) mass is 222 g/mol. The van der Waals surface area contributed by atoms with E-state index < -0.39 is 0 Å². The number of ether oxygens (including phenoxy) is 1. The molecule has 0 saturated carbocycles. The topological polar surface area (TPSA) is 29.5 Å². The zero-order chi connectivity index (χ0) is 11.6. The summed E-state index contributed by atoms with van der Waals surface area (Å²) in [5.74, 6) is 0. The third-order valence-electron chi connectivity index (χ3n) is 2.65. The summed E-state index contributed by atoms with van der Waals surface area (Å²) in [6.45, 7) is 3.66. The molecule has 0 spiro atoms. The summed E-state index contributed by atoms with van der Waals surface area (Å²) < 4.78 is 5.26. The van der Waals surface area contributed by atoms with E-state index in [9.17, 15) is 5.11 Å². The highest BCUT2D eigenvalue weighted by Gasteiger charge is 2.05. The Kier molecular flexibility index (Phi) is 6.86. The summed E-state index contributed by atoms with van der Waals surface area (Å²) in [5, 5.41) is 9.89. The van der Waals surface area contributed by atoms with Gasteiger partial charge >= 0.3 is 0 Å². The van der Waals surface area contributed by atoms with Crippen LogP contribution in [-0.4, -0.2) is 18.3 Å². The molecule has 0 bridgehead atoms. The van der Waals surface area contributed by atoms with Crippen LogP contribution < -0.4 is 0 Å². The van der Waals surface area contributed by atoms with Gasteiger partial charge in [-0.3, -0.25) is 0 Å². The van der Waals surface area contributed by atoms with Crippen molar-refractivity contribution < 1.29 is 9.84 Å². The molecule has 0 aliphatic rings. The molecule has 1 aromatic rings. The van der Waals surface area contributed by atoms with E-state index in [0.29, 0.717) is 0 Å². The quantitative estimate of drug-likeness (QED) is 0.684. The van der Waals surface area contributed by atoms with E-state index in [4.69, 9.17) is 4.74 Å². The predicted octanol–water partition coefficient (Wildman–Crippen LogP) is 3.32. The second-order valence-corrected chi connectivity index (χ2v) is 3.97. The molecule has 2 heteroatoms. The van der Waals surface area contributed by atoms with Crippen molar-refractivity contribution in [3.63, 3.8) is 0 Å². The molecule has 0 aliphatic heterocycles. The Balaban J connectivity index is 2.09. The molecule has 1 N–H and O–H groups in total. The molecule has 2 nitrogen and oxygen atoms in total. The van der Waals surface area contributed by atoms with Crippen LogP contribution >= 0.6 is 0 Å². The normalized spacial score (nSPS) is 12.6. The lowest BCUT2D eigenvalue weighted by atomic mass is 10.0. The molecule has 1 atom stereocenters. The summed E-state index contributed by atoms with van der Waals surface area (Å²) in [6.07, 6.45) is 3.81. The van der Waals surface area contributed by atoms with Crippen molar-refractivity contribution >= 4 is 0 Å². The van der Waals surface area contributed by atoms with Crippen molar-refractivity contribution in [1.29, 1.82) is 0 Å². The van der Waals surface area contributed by atoms with E-state index >= 15 is 0 Å². The van der Waals surface area contributed by atoms with Crippen molar-refractivity contribution in [1.82, 2.24) is 0 Å². The van der Waals surface area contributed by atoms with Gasteiger partial charge in [-0.05, 0) is 25.3 Å². The minimum Gasteiger partial charge on any atom is -0.388 e. The largest absolute Gasteiger partial charge is 0.388 e. The third kappa shape index (κ3) is 5.29. The highest BCUT2D eigenvalue weighted by Crippen LogP contribution is 2.18. The highest BCUT2D eigenvalue weighted by atomic mass is 16.5. The minimum absolute atomic E-state index is 0.312. The van der Waals surface area contributed by atoms with E-state index in [2.05, 4.69) is 0 Å². The van der Waals surface area contributed by atoms with Crippen molar-refractivity contribution in [2.45, 2.75) is 38.7 Å². The van der Waals surface area contributed by atoms with Gasteiger partial charge in [-0.15, -0.1) is 0 Å². The van der Waals surface area contributed by atoms with Crippen LogP contribution in [0.15, 0.2) is 30.3 Å². The fourth-order valence-corrected chi connectivity index (χ4v) is 1.70. The summed E-state index contributed by atoms with van der Waals surface area (Å²) in [7, 11) is 0. The van der Waals surface area contributed by atoms with Gasteiger partial charge in [-0.1, -0.05) is 43.2 Å². The van der Waals surface area contributed by atoms with E-state index in [1.165, 1.54) is 0 Å². The van der Waals surface area contributed by atoms with E-state index in [-0.39, 0.29) is 6.10 Å². The molecule has 0 radical (unpaired) electrons. The smallest absolute Gasteiger partial charge is 0.0790 e. The summed E-state index contributed by atoms with van der Waals surface area (Å²) in [5.41, 5.74) is 1.02. The van der Waals surface area contributed by atoms with E-state index in [1.54, 1.807) is 0 Å². The molecular weight excluding hydrogens is 200 g/mol. The number of hydrogen-bond acceptors (Lipinski definition) is 2. The number of aliphatic hydroxyl groups is 1. The average molecular weight is 222 g/mol. The number of benzene rings is 1. The van der Waals surface area contributed by atoms with Crippen LogP contribution in [0, 0.1) is 0 Å². The van der Waals surface area contributed by atoms with Crippen LogP contribution in [-0.2, 0) is 4.74 Å². The lowest BCUT2D eigenvalue weighted by molar-refractivity contribution is 0.137. The lowest BCUT2D eigenvalue weighted by Gasteiger charge is -2.10. The SMILES string of the molecule is CCOCCCCCC(O)c1ccccc1. The fourth-order valence-electron chi connectivity index (χ4n) is 1.70. The van der Waals surface area contributed by atoms with Crippen LogP contribution in [0.5, 0.6) is 0 Å². The number of aliphatic hydroxyl groups excluding tert-OH is 1. The van der Waals surface area contributed by atoms with Gasteiger partial charge in [0, 0.05) is 13.2 Å². The molecule has 90 valence electrons. The maximum absolute atomic E-state index is 9.89. The predicted molar refractivity (Wildman–Crippen MR) is 66.4 cm³/mol. The molecule has 0 aliphatic carbocycles. The number of unbranched alkanes of at least 4 members (excludes halogenated alkanes) is 2. The first-order valence-electron chi connectivity index (χ1n) is 6.15. The van der Waals surface area contributed by atoms with Gasteiger partial charge in [0.05, 0.1) is 6.10 Å². The molecular formula is C14H22O2. The van der Waals surface area contributed by atoms with Crippen LogP contribution in [0.4, 0.5) is 0 Å². The molecule has 0 aromatic heterocycles. The lowest BCUT2D eigenvalue weighted by Crippen LogP contribution is -1.98. The van der Waals surface area contributed by atoms with E-state index in [0.717, 1.165) is 44.5 Å². The summed E-state index contributed by atoms with van der Waals surface area (Å²) in [4.78, 5) is 0. The molecule has 0 saturated heterocycles. The van der Waals surface area contributed by atoms with Gasteiger partial charge in [-0.25, -0.2) is 0 Å². The summed E-state index contributed by atoms with van der Waals surface area (Å²) >= 11 is 0. The van der Waals surface area contributed by atoms with Crippen molar-refractivity contribution in [3.8, 4) is 0 Å². The maximum atomic E-state index is 9.89. The molecule has 0 heterocycles. The zero-order valence-electron chi connectivity index (χ0n) is 10.1. The van der Waals surface area contributed by atoms with Gasteiger partial charge in [0.15, 0.2) is 0 Å². The summed E-state index contributed by atoms with van der Waals surface area (Å²) in [6, 6.07) is 9.86. The molecule has 1 rings (SSSR count). The standard InChI is InChI=1S/C14H22O2/c1-2-16-12-8-4-7-11-14(15)13-9-5-3-6-10-13/h3,5-6,9-10,14-15H,2,4,7-8,11-12H2,1H3. The fraction of sp³-hybridized carbons (Fsp3) is 0.571. The molecule has 0 amide bonds. The second-order valence-electron chi connectivity index (χ2n) is 3.97. The Hall–Kier alpha value is -0.860. The van der Waals surface area contributed by atoms with Crippen molar-refractivity contribution in [3.05, 3.63) is 35.9 Å². The Morgan fingerprint density at radius 1 is 1.12 bits per heavy atom. The third-order valence-corrected chi connectivity index (χ3v) is 2.65. The molecule has 0 fully saturated rings. The molecule has 16 heavy (non-hydrogen) atoms. The highest BCUT2D eigenvalue weighted by molar-refractivity contribution is 5.16. The van der Waals surface area contributed by atoms with Gasteiger partial charge in [-0.2, -0.15) is 0 Å². The van der Waals surface area contributed by atoms with Gasteiger partial charge in [0.25, 0.3) is 0 Å². The molecule has 1 aromatic carbocycles.